The Morgan fingerprint density at radius 1 is 1.13 bits per heavy atom. The highest BCUT2D eigenvalue weighted by atomic mass is 16.6. The van der Waals surface area contributed by atoms with Gasteiger partial charge >= 0.3 is 0 Å². The van der Waals surface area contributed by atoms with Gasteiger partial charge in [-0.05, 0) is 17.7 Å². The minimum Gasteiger partial charge on any atom is -0.497 e. The quantitative estimate of drug-likeness (QED) is 0.462. The Hall–Kier alpha value is -3.02. The molecule has 1 amide bonds. The molecule has 0 spiro atoms. The molecule has 0 aliphatic carbocycles. The van der Waals surface area contributed by atoms with Crippen LogP contribution in [0.2, 0.25) is 0 Å². The zero-order valence-corrected chi connectivity index (χ0v) is 12.9. The fourth-order valence-electron chi connectivity index (χ4n) is 1.82. The van der Waals surface area contributed by atoms with Gasteiger partial charge in [0.1, 0.15) is 5.75 Å². The molecule has 2 aromatic carbocycles. The SMILES string of the molecule is COc1ccc(CNC(=O)CO/N=C(/N)c2ccccc2)cc1. The van der Waals surface area contributed by atoms with Crippen molar-refractivity contribution in [2.45, 2.75) is 6.54 Å². The number of carbonyl (C=O) groups is 1. The number of hydrogen-bond acceptors (Lipinski definition) is 4. The highest BCUT2D eigenvalue weighted by Gasteiger charge is 2.03. The maximum absolute atomic E-state index is 11.7. The molecule has 2 aromatic rings. The first-order chi connectivity index (χ1) is 11.2. The van der Waals surface area contributed by atoms with Gasteiger partial charge in [0.05, 0.1) is 7.11 Å². The summed E-state index contributed by atoms with van der Waals surface area (Å²) in [7, 11) is 1.61. The van der Waals surface area contributed by atoms with E-state index >= 15 is 0 Å². The number of amidine groups is 1. The van der Waals surface area contributed by atoms with E-state index in [1.54, 1.807) is 7.11 Å². The van der Waals surface area contributed by atoms with Crippen LogP contribution in [0.4, 0.5) is 0 Å². The molecule has 0 radical (unpaired) electrons. The molecule has 0 saturated heterocycles. The number of nitrogens with two attached hydrogens (primary N) is 1. The third kappa shape index (κ3) is 5.35. The summed E-state index contributed by atoms with van der Waals surface area (Å²) < 4.78 is 5.07. The Balaban J connectivity index is 1.74. The van der Waals surface area contributed by atoms with Gasteiger partial charge in [-0.2, -0.15) is 0 Å². The minimum absolute atomic E-state index is 0.191. The maximum Gasteiger partial charge on any atom is 0.261 e. The second kappa shape index (κ2) is 8.43. The van der Waals surface area contributed by atoms with E-state index in [4.69, 9.17) is 15.3 Å². The second-order valence-corrected chi connectivity index (χ2v) is 4.74. The van der Waals surface area contributed by atoms with E-state index in [1.807, 2.05) is 54.6 Å². The number of nitrogens with one attached hydrogen (secondary N) is 1. The molecule has 0 aliphatic heterocycles. The molecule has 6 heteroatoms. The van der Waals surface area contributed by atoms with Crippen molar-refractivity contribution in [2.75, 3.05) is 13.7 Å². The van der Waals surface area contributed by atoms with Crippen LogP contribution in [-0.2, 0) is 16.2 Å². The van der Waals surface area contributed by atoms with Crippen LogP contribution in [0.25, 0.3) is 0 Å². The lowest BCUT2D eigenvalue weighted by molar-refractivity contribution is -0.125. The highest BCUT2D eigenvalue weighted by Crippen LogP contribution is 2.10. The van der Waals surface area contributed by atoms with Crippen LogP contribution >= 0.6 is 0 Å². The number of hydrogen-bond donors (Lipinski definition) is 2. The van der Waals surface area contributed by atoms with Crippen LogP contribution in [0.15, 0.2) is 59.8 Å². The topological polar surface area (TPSA) is 85.9 Å². The molecule has 0 atom stereocenters. The molecular formula is C17H19N3O3. The van der Waals surface area contributed by atoms with Crippen molar-refractivity contribution in [3.63, 3.8) is 0 Å². The first kappa shape index (κ1) is 16.4. The highest BCUT2D eigenvalue weighted by molar-refractivity contribution is 5.97. The Kier molecular flexibility index (Phi) is 5.99. The predicted molar refractivity (Wildman–Crippen MR) is 88.0 cm³/mol. The molecule has 3 N–H and O–H groups in total. The Morgan fingerprint density at radius 3 is 2.48 bits per heavy atom. The molecule has 0 heterocycles. The monoisotopic (exact) mass is 313 g/mol. The summed E-state index contributed by atoms with van der Waals surface area (Å²) in [6.45, 7) is 0.216. The van der Waals surface area contributed by atoms with Gasteiger partial charge in [-0.15, -0.1) is 0 Å². The third-order valence-corrected chi connectivity index (χ3v) is 3.08. The summed E-state index contributed by atoms with van der Waals surface area (Å²) in [5.74, 6) is 0.730. The Bertz CT molecular complexity index is 655. The number of rotatable bonds is 7. The normalized spacial score (nSPS) is 10.9. The molecule has 0 unspecified atom stereocenters. The summed E-state index contributed by atoms with van der Waals surface area (Å²) in [5.41, 5.74) is 7.46. The summed E-state index contributed by atoms with van der Waals surface area (Å²) in [6, 6.07) is 16.6. The van der Waals surface area contributed by atoms with Crippen LogP contribution in [0, 0.1) is 0 Å². The van der Waals surface area contributed by atoms with Gasteiger partial charge in [-0.25, -0.2) is 0 Å². The number of nitrogens with zero attached hydrogens (tertiary/aromatic N) is 1. The molecule has 0 fully saturated rings. The largest absolute Gasteiger partial charge is 0.497 e. The molecule has 6 nitrogen and oxygen atoms in total. The van der Waals surface area contributed by atoms with Gasteiger partial charge in [0, 0.05) is 12.1 Å². The Labute approximate surface area is 134 Å². The molecule has 120 valence electrons. The molecule has 0 saturated carbocycles. The van der Waals surface area contributed by atoms with Gasteiger partial charge in [0.15, 0.2) is 12.4 Å². The summed E-state index contributed by atoms with van der Waals surface area (Å²) in [4.78, 5) is 16.7. The lowest BCUT2D eigenvalue weighted by Gasteiger charge is -2.06. The van der Waals surface area contributed by atoms with Crippen LogP contribution in [0.5, 0.6) is 5.75 Å². The van der Waals surface area contributed by atoms with E-state index < -0.39 is 0 Å². The zero-order chi connectivity index (χ0) is 16.5. The summed E-state index contributed by atoms with van der Waals surface area (Å²) >= 11 is 0. The van der Waals surface area contributed by atoms with Crippen LogP contribution in [-0.4, -0.2) is 25.5 Å². The first-order valence-electron chi connectivity index (χ1n) is 7.09. The van der Waals surface area contributed by atoms with E-state index in [-0.39, 0.29) is 18.3 Å². The van der Waals surface area contributed by atoms with Crippen molar-refractivity contribution in [3.05, 3.63) is 65.7 Å². The Morgan fingerprint density at radius 2 is 1.83 bits per heavy atom. The van der Waals surface area contributed by atoms with Gasteiger partial charge in [0.25, 0.3) is 5.91 Å². The van der Waals surface area contributed by atoms with Crippen molar-refractivity contribution in [1.29, 1.82) is 0 Å². The third-order valence-electron chi connectivity index (χ3n) is 3.08. The molecular weight excluding hydrogens is 294 g/mol. The molecule has 2 rings (SSSR count). The summed E-state index contributed by atoms with van der Waals surface area (Å²) in [6.07, 6.45) is 0. The fraction of sp³-hybridized carbons (Fsp3) is 0.176. The number of carbonyl (C=O) groups excluding carboxylic acids is 1. The predicted octanol–water partition coefficient (Wildman–Crippen LogP) is 1.65. The maximum atomic E-state index is 11.7. The average molecular weight is 313 g/mol. The average Bonchev–Trinajstić information content (AvgIpc) is 2.61. The number of ether oxygens (including phenoxy) is 1. The second-order valence-electron chi connectivity index (χ2n) is 4.74. The van der Waals surface area contributed by atoms with Crippen molar-refractivity contribution >= 4 is 11.7 Å². The summed E-state index contributed by atoms with van der Waals surface area (Å²) in [5, 5.41) is 6.46. The van der Waals surface area contributed by atoms with E-state index in [0.717, 1.165) is 16.9 Å². The zero-order valence-electron chi connectivity index (χ0n) is 12.9. The minimum atomic E-state index is -0.273. The van der Waals surface area contributed by atoms with Crippen LogP contribution in [0.3, 0.4) is 0 Å². The van der Waals surface area contributed by atoms with Crippen LogP contribution in [0.1, 0.15) is 11.1 Å². The van der Waals surface area contributed by atoms with Crippen LogP contribution < -0.4 is 15.8 Å². The van der Waals surface area contributed by atoms with Crippen molar-refractivity contribution in [1.82, 2.24) is 5.32 Å². The van der Waals surface area contributed by atoms with E-state index in [1.165, 1.54) is 0 Å². The van der Waals surface area contributed by atoms with Gasteiger partial charge in [-0.1, -0.05) is 47.6 Å². The molecule has 0 aromatic heterocycles. The first-order valence-corrected chi connectivity index (χ1v) is 7.09. The van der Waals surface area contributed by atoms with Gasteiger partial charge in [-0.3, -0.25) is 4.79 Å². The standard InChI is InChI=1S/C17H19N3O3/c1-22-15-9-7-13(8-10-15)11-19-16(21)12-23-20-17(18)14-5-3-2-4-6-14/h2-10H,11-12H2,1H3,(H2,18,20)(H,19,21). The number of methoxy groups -OCH3 is 1. The molecule has 0 aliphatic rings. The van der Waals surface area contributed by atoms with E-state index in [9.17, 15) is 4.79 Å². The number of benzene rings is 2. The number of oxime groups is 1. The van der Waals surface area contributed by atoms with Gasteiger partial charge in [0.2, 0.25) is 0 Å². The molecule has 23 heavy (non-hydrogen) atoms. The fourth-order valence-corrected chi connectivity index (χ4v) is 1.82. The lowest BCUT2D eigenvalue weighted by Crippen LogP contribution is -2.27. The van der Waals surface area contributed by atoms with Crippen molar-refractivity contribution in [3.8, 4) is 5.75 Å². The lowest BCUT2D eigenvalue weighted by atomic mass is 10.2. The van der Waals surface area contributed by atoms with Crippen molar-refractivity contribution in [2.24, 2.45) is 10.9 Å². The number of amides is 1. The van der Waals surface area contributed by atoms with E-state index in [0.29, 0.717) is 6.54 Å². The molecule has 0 bridgehead atoms. The van der Waals surface area contributed by atoms with E-state index in [2.05, 4.69) is 10.5 Å². The van der Waals surface area contributed by atoms with Gasteiger partial charge < -0.3 is 20.6 Å². The smallest absolute Gasteiger partial charge is 0.261 e. The van der Waals surface area contributed by atoms with Crippen molar-refractivity contribution < 1.29 is 14.4 Å².